The fraction of sp³-hybridized carbons (Fsp3) is 0.357. The van der Waals surface area contributed by atoms with E-state index in [1.165, 1.54) is 4.90 Å². The first-order valence-corrected chi connectivity index (χ1v) is 6.36. The third-order valence-corrected chi connectivity index (χ3v) is 3.23. The van der Waals surface area contributed by atoms with Crippen LogP contribution in [0.1, 0.15) is 12.2 Å². The highest BCUT2D eigenvalue weighted by molar-refractivity contribution is 5.81. The van der Waals surface area contributed by atoms with Gasteiger partial charge in [-0.3, -0.25) is 9.59 Å². The number of aromatic nitrogens is 2. The van der Waals surface area contributed by atoms with Gasteiger partial charge in [-0.25, -0.2) is 4.98 Å². The van der Waals surface area contributed by atoms with Crippen LogP contribution in [0.5, 0.6) is 0 Å². The maximum Gasteiger partial charge on any atom is 0.305 e. The molecule has 1 aromatic heterocycles. The number of hydrogen-bond donors (Lipinski definition) is 1. The monoisotopic (exact) mass is 275 g/mol. The van der Waals surface area contributed by atoms with E-state index in [1.807, 2.05) is 35.8 Å². The van der Waals surface area contributed by atoms with Crippen LogP contribution in [0.25, 0.3) is 11.0 Å². The molecule has 106 valence electrons. The number of carbonyl (C=O) groups excluding carboxylic acids is 1. The van der Waals surface area contributed by atoms with Gasteiger partial charge in [-0.1, -0.05) is 12.1 Å². The summed E-state index contributed by atoms with van der Waals surface area (Å²) in [5.41, 5.74) is 1.76. The van der Waals surface area contributed by atoms with Gasteiger partial charge in [0, 0.05) is 13.6 Å². The first kappa shape index (κ1) is 14.0. The minimum Gasteiger partial charge on any atom is -0.481 e. The molecule has 6 nitrogen and oxygen atoms in total. The molecule has 1 amide bonds. The molecule has 0 atom stereocenters. The van der Waals surface area contributed by atoms with Crippen LogP contribution in [-0.2, 0) is 16.1 Å². The van der Waals surface area contributed by atoms with Crippen molar-refractivity contribution >= 4 is 22.9 Å². The molecule has 2 rings (SSSR count). The lowest BCUT2D eigenvalue weighted by molar-refractivity contribution is -0.138. The first-order chi connectivity index (χ1) is 9.49. The summed E-state index contributed by atoms with van der Waals surface area (Å²) in [7, 11) is 1.61. The summed E-state index contributed by atoms with van der Waals surface area (Å²) in [5.74, 6) is -0.266. The predicted molar refractivity (Wildman–Crippen MR) is 74.4 cm³/mol. The number of carbonyl (C=O) groups is 2. The Hall–Kier alpha value is -2.37. The summed E-state index contributed by atoms with van der Waals surface area (Å²) in [6, 6.07) is 7.62. The summed E-state index contributed by atoms with van der Waals surface area (Å²) < 4.78 is 1.84. The lowest BCUT2D eigenvalue weighted by Crippen LogP contribution is -2.32. The molecule has 1 N–H and O–H groups in total. The van der Waals surface area contributed by atoms with Crippen molar-refractivity contribution in [3.05, 3.63) is 30.1 Å². The Morgan fingerprint density at radius 3 is 2.75 bits per heavy atom. The highest BCUT2D eigenvalue weighted by Gasteiger charge is 2.14. The maximum absolute atomic E-state index is 12.1. The molecule has 0 fully saturated rings. The molecule has 0 aliphatic rings. The zero-order chi connectivity index (χ0) is 14.7. The Labute approximate surface area is 116 Å². The van der Waals surface area contributed by atoms with Gasteiger partial charge in [0.2, 0.25) is 5.91 Å². The molecule has 0 radical (unpaired) electrons. The topological polar surface area (TPSA) is 75.4 Å². The lowest BCUT2D eigenvalue weighted by atomic mass is 10.3. The molecular weight excluding hydrogens is 258 g/mol. The fourth-order valence-corrected chi connectivity index (χ4v) is 2.04. The highest BCUT2D eigenvalue weighted by Crippen LogP contribution is 2.15. The van der Waals surface area contributed by atoms with Crippen molar-refractivity contribution in [3.8, 4) is 0 Å². The summed E-state index contributed by atoms with van der Waals surface area (Å²) in [6.07, 6.45) is -0.0497. The summed E-state index contributed by atoms with van der Waals surface area (Å²) in [5, 5.41) is 8.63. The normalized spacial score (nSPS) is 10.7. The number of para-hydroxylation sites is 2. The molecule has 1 heterocycles. The van der Waals surface area contributed by atoms with Crippen molar-refractivity contribution in [1.29, 1.82) is 0 Å². The molecule has 0 unspecified atom stereocenters. The van der Waals surface area contributed by atoms with Gasteiger partial charge in [0.25, 0.3) is 0 Å². The van der Waals surface area contributed by atoms with E-state index in [9.17, 15) is 9.59 Å². The van der Waals surface area contributed by atoms with Crippen molar-refractivity contribution in [2.45, 2.75) is 19.9 Å². The first-order valence-electron chi connectivity index (χ1n) is 6.36. The molecule has 2 aromatic rings. The standard InChI is InChI=1S/C14H17N3O3/c1-10-15-11-5-3-4-6-12(11)17(10)9-13(18)16(2)8-7-14(19)20/h3-6H,7-9H2,1-2H3,(H,19,20). The number of aliphatic carboxylic acids is 1. The predicted octanol–water partition coefficient (Wildman–Crippen LogP) is 1.28. The van der Waals surface area contributed by atoms with E-state index < -0.39 is 5.97 Å². The number of aryl methyl sites for hydroxylation is 1. The minimum absolute atomic E-state index is 0.0497. The molecule has 0 saturated carbocycles. The Bertz CT molecular complexity index is 648. The number of carboxylic acid groups (broad SMARTS) is 1. The quantitative estimate of drug-likeness (QED) is 0.891. The summed E-state index contributed by atoms with van der Waals surface area (Å²) in [4.78, 5) is 28.5. The molecular formula is C14H17N3O3. The van der Waals surface area contributed by atoms with E-state index in [4.69, 9.17) is 5.11 Å². The maximum atomic E-state index is 12.1. The number of benzene rings is 1. The molecule has 6 heteroatoms. The highest BCUT2D eigenvalue weighted by atomic mass is 16.4. The average molecular weight is 275 g/mol. The number of amides is 1. The van der Waals surface area contributed by atoms with Crippen molar-refractivity contribution in [2.24, 2.45) is 0 Å². The summed E-state index contributed by atoms with van der Waals surface area (Å²) in [6.45, 7) is 2.23. The number of likely N-dealkylation sites (N-methyl/N-ethyl adjacent to an activating group) is 1. The van der Waals surface area contributed by atoms with Gasteiger partial charge >= 0.3 is 5.97 Å². The molecule has 0 saturated heterocycles. The molecule has 0 aliphatic carbocycles. The smallest absolute Gasteiger partial charge is 0.305 e. The van der Waals surface area contributed by atoms with E-state index in [2.05, 4.69) is 4.98 Å². The van der Waals surface area contributed by atoms with Gasteiger partial charge in [-0.2, -0.15) is 0 Å². The van der Waals surface area contributed by atoms with Crippen LogP contribution in [0.3, 0.4) is 0 Å². The number of rotatable bonds is 5. The van der Waals surface area contributed by atoms with Gasteiger partial charge in [0.15, 0.2) is 0 Å². The third kappa shape index (κ3) is 2.96. The number of imidazole rings is 1. The molecule has 0 spiro atoms. The van der Waals surface area contributed by atoms with Crippen LogP contribution in [0.4, 0.5) is 0 Å². The number of carboxylic acids is 1. The second kappa shape index (κ2) is 5.73. The SMILES string of the molecule is Cc1nc2ccccc2n1CC(=O)N(C)CCC(=O)O. The Kier molecular flexibility index (Phi) is 4.02. The van der Waals surface area contributed by atoms with Gasteiger partial charge < -0.3 is 14.6 Å². The Balaban J connectivity index is 2.13. The minimum atomic E-state index is -0.908. The summed E-state index contributed by atoms with van der Waals surface area (Å²) >= 11 is 0. The fourth-order valence-electron chi connectivity index (χ4n) is 2.04. The Morgan fingerprint density at radius 2 is 2.05 bits per heavy atom. The van der Waals surface area contributed by atoms with E-state index >= 15 is 0 Å². The van der Waals surface area contributed by atoms with Gasteiger partial charge in [0.1, 0.15) is 12.4 Å². The van der Waals surface area contributed by atoms with Crippen LogP contribution in [-0.4, -0.2) is 45.0 Å². The average Bonchev–Trinajstić information content (AvgIpc) is 2.72. The van der Waals surface area contributed by atoms with Crippen molar-refractivity contribution in [2.75, 3.05) is 13.6 Å². The van der Waals surface area contributed by atoms with Gasteiger partial charge in [-0.05, 0) is 19.1 Å². The molecule has 0 bridgehead atoms. The zero-order valence-corrected chi connectivity index (χ0v) is 11.5. The van der Waals surface area contributed by atoms with E-state index in [0.717, 1.165) is 16.9 Å². The van der Waals surface area contributed by atoms with Crippen LogP contribution in [0.2, 0.25) is 0 Å². The van der Waals surface area contributed by atoms with Gasteiger partial charge in [-0.15, -0.1) is 0 Å². The second-order valence-corrected chi connectivity index (χ2v) is 4.69. The van der Waals surface area contributed by atoms with Crippen LogP contribution < -0.4 is 0 Å². The van der Waals surface area contributed by atoms with Crippen LogP contribution in [0, 0.1) is 6.92 Å². The Morgan fingerprint density at radius 1 is 1.35 bits per heavy atom. The van der Waals surface area contributed by atoms with E-state index in [-0.39, 0.29) is 25.4 Å². The van der Waals surface area contributed by atoms with E-state index in [1.54, 1.807) is 7.05 Å². The van der Waals surface area contributed by atoms with Crippen molar-refractivity contribution in [3.63, 3.8) is 0 Å². The molecule has 0 aliphatic heterocycles. The van der Waals surface area contributed by atoms with Gasteiger partial charge in [0.05, 0.1) is 17.5 Å². The van der Waals surface area contributed by atoms with Crippen LogP contribution in [0.15, 0.2) is 24.3 Å². The van der Waals surface area contributed by atoms with E-state index in [0.29, 0.717) is 0 Å². The molecule has 20 heavy (non-hydrogen) atoms. The van der Waals surface area contributed by atoms with Crippen molar-refractivity contribution in [1.82, 2.24) is 14.5 Å². The number of fused-ring (bicyclic) bond motifs is 1. The third-order valence-electron chi connectivity index (χ3n) is 3.23. The largest absolute Gasteiger partial charge is 0.481 e. The number of hydrogen-bond acceptors (Lipinski definition) is 3. The van der Waals surface area contributed by atoms with Crippen molar-refractivity contribution < 1.29 is 14.7 Å². The second-order valence-electron chi connectivity index (χ2n) is 4.69. The lowest BCUT2D eigenvalue weighted by Gasteiger charge is -2.17. The zero-order valence-electron chi connectivity index (χ0n) is 11.5. The number of nitrogens with zero attached hydrogens (tertiary/aromatic N) is 3. The van der Waals surface area contributed by atoms with Crippen LogP contribution >= 0.6 is 0 Å². The molecule has 1 aromatic carbocycles.